The largest absolute Gasteiger partial charge is 0.462 e. The third kappa shape index (κ3) is 47.5. The van der Waals surface area contributed by atoms with Crippen molar-refractivity contribution in [2.75, 3.05) is 6.61 Å². The number of aliphatic hydroxyl groups excluding tert-OH is 2. The van der Waals surface area contributed by atoms with Crippen molar-refractivity contribution in [3.05, 3.63) is 85.1 Å². The van der Waals surface area contributed by atoms with Gasteiger partial charge in [0.15, 0.2) is 0 Å². The molecular formula is C60H105NO5. The lowest BCUT2D eigenvalue weighted by Gasteiger charge is -2.24. The molecule has 0 spiro atoms. The number of ether oxygens (including phenoxy) is 1. The van der Waals surface area contributed by atoms with Gasteiger partial charge in [-0.25, -0.2) is 0 Å². The summed E-state index contributed by atoms with van der Waals surface area (Å²) >= 11 is 0. The average Bonchev–Trinajstić information content (AvgIpc) is 3.31. The van der Waals surface area contributed by atoms with Crippen LogP contribution in [0.5, 0.6) is 0 Å². The number of carbonyl (C=O) groups excluding carboxylic acids is 2. The van der Waals surface area contributed by atoms with Gasteiger partial charge in [0, 0.05) is 6.42 Å². The molecule has 0 aliphatic carbocycles. The summed E-state index contributed by atoms with van der Waals surface area (Å²) < 4.78 is 5.92. The molecule has 0 aromatic carbocycles. The van der Waals surface area contributed by atoms with Crippen molar-refractivity contribution in [1.82, 2.24) is 5.32 Å². The summed E-state index contributed by atoms with van der Waals surface area (Å²) in [5.74, 6) is -0.549. The number of unbranched alkanes of at least 4 members (excludes halogenated alkanes) is 23. The van der Waals surface area contributed by atoms with E-state index < -0.39 is 18.2 Å². The van der Waals surface area contributed by atoms with E-state index in [1.807, 2.05) is 0 Å². The maximum atomic E-state index is 13.2. The molecule has 0 saturated carbocycles. The molecule has 1 amide bonds. The van der Waals surface area contributed by atoms with Gasteiger partial charge in [-0.3, -0.25) is 9.59 Å². The Hall–Kier alpha value is -2.96. The molecule has 0 rings (SSSR count). The van der Waals surface area contributed by atoms with Crippen LogP contribution >= 0.6 is 0 Å². The molecular weight excluding hydrogens is 815 g/mol. The lowest BCUT2D eigenvalue weighted by atomic mass is 10.0. The maximum Gasteiger partial charge on any atom is 0.306 e. The first-order chi connectivity index (χ1) is 32.5. The van der Waals surface area contributed by atoms with E-state index in [1.165, 1.54) is 109 Å². The smallest absolute Gasteiger partial charge is 0.306 e. The number of hydrogen-bond donors (Lipinski definition) is 3. The second kappa shape index (κ2) is 53.0. The van der Waals surface area contributed by atoms with E-state index in [-0.39, 0.29) is 24.9 Å². The van der Waals surface area contributed by atoms with Crippen LogP contribution in [-0.4, -0.2) is 46.9 Å². The molecule has 0 aromatic heterocycles. The summed E-state index contributed by atoms with van der Waals surface area (Å²) in [6.07, 6.45) is 69.3. The summed E-state index contributed by atoms with van der Waals surface area (Å²) in [6, 6.07) is -0.726. The van der Waals surface area contributed by atoms with Crippen molar-refractivity contribution in [3.8, 4) is 0 Å². The minimum absolute atomic E-state index is 0.0352. The van der Waals surface area contributed by atoms with Crippen LogP contribution in [0.15, 0.2) is 85.1 Å². The molecule has 0 aliphatic rings. The molecule has 3 unspecified atom stereocenters. The van der Waals surface area contributed by atoms with Crippen molar-refractivity contribution in [1.29, 1.82) is 0 Å². The van der Waals surface area contributed by atoms with Gasteiger partial charge >= 0.3 is 5.97 Å². The van der Waals surface area contributed by atoms with Gasteiger partial charge in [-0.2, -0.15) is 0 Å². The fourth-order valence-electron chi connectivity index (χ4n) is 8.02. The fourth-order valence-corrected chi connectivity index (χ4v) is 8.02. The number of aliphatic hydroxyl groups is 2. The molecule has 380 valence electrons. The lowest BCUT2D eigenvalue weighted by Crippen LogP contribution is -2.46. The third-order valence-corrected chi connectivity index (χ3v) is 12.2. The minimum atomic E-state index is -0.808. The van der Waals surface area contributed by atoms with E-state index >= 15 is 0 Å². The zero-order chi connectivity index (χ0) is 48.1. The van der Waals surface area contributed by atoms with Crippen LogP contribution < -0.4 is 5.32 Å². The zero-order valence-corrected chi connectivity index (χ0v) is 43.3. The number of amides is 1. The highest BCUT2D eigenvalue weighted by atomic mass is 16.5. The van der Waals surface area contributed by atoms with E-state index in [4.69, 9.17) is 4.74 Å². The SMILES string of the molecule is CC/C=C/C/C=C/C/C=C/C/C=C/CCCCCC(=O)OC(CCCC/C=C\C/C=C\C/C=C\CCCCC)CC(=O)NC(CO)C(O)CCCCCCCCCCCCCCCCCC. The summed E-state index contributed by atoms with van der Waals surface area (Å²) in [4.78, 5) is 26.2. The van der Waals surface area contributed by atoms with Crippen LogP contribution in [0.25, 0.3) is 0 Å². The lowest BCUT2D eigenvalue weighted by molar-refractivity contribution is -0.151. The molecule has 0 aliphatic heterocycles. The Morgan fingerprint density at radius 2 is 0.818 bits per heavy atom. The maximum absolute atomic E-state index is 13.2. The van der Waals surface area contributed by atoms with Crippen LogP contribution in [-0.2, 0) is 14.3 Å². The van der Waals surface area contributed by atoms with Crippen LogP contribution in [0.3, 0.4) is 0 Å². The van der Waals surface area contributed by atoms with Gasteiger partial charge in [-0.1, -0.05) is 228 Å². The van der Waals surface area contributed by atoms with Gasteiger partial charge in [0.05, 0.1) is 25.2 Å². The number of nitrogens with one attached hydrogen (secondary N) is 1. The average molecular weight is 921 g/mol. The van der Waals surface area contributed by atoms with Crippen molar-refractivity contribution < 1.29 is 24.5 Å². The van der Waals surface area contributed by atoms with E-state index in [1.54, 1.807) is 0 Å². The van der Waals surface area contributed by atoms with E-state index in [0.717, 1.165) is 103 Å². The number of allylic oxidation sites excluding steroid dienone is 14. The molecule has 0 heterocycles. The number of carbonyl (C=O) groups is 2. The first kappa shape index (κ1) is 63.0. The predicted molar refractivity (Wildman–Crippen MR) is 287 cm³/mol. The van der Waals surface area contributed by atoms with Crippen LogP contribution in [0, 0.1) is 0 Å². The zero-order valence-electron chi connectivity index (χ0n) is 43.3. The van der Waals surface area contributed by atoms with Crippen molar-refractivity contribution >= 4 is 11.9 Å². The van der Waals surface area contributed by atoms with Crippen molar-refractivity contribution in [3.63, 3.8) is 0 Å². The predicted octanol–water partition coefficient (Wildman–Crippen LogP) is 17.1. The standard InChI is InChI=1S/C60H105NO5/c1-4-7-10-13-16-19-22-25-28-31-34-37-40-43-46-49-52-58(63)57(55-62)61-59(64)54-56(51-48-45-42-39-36-33-30-27-24-21-18-15-12-9-6-3)66-60(65)53-50-47-44-41-38-35-32-29-26-23-20-17-14-11-8-5-2/h8,11,17-18,20-21,26-27,29-30,35-36,38-39,56-58,62-63H,4-7,9-10,12-16,19,22-25,28,31-34,37,40-55H2,1-3H3,(H,61,64)/b11-8+,20-17+,21-18-,29-26+,30-27-,38-35+,39-36-. The van der Waals surface area contributed by atoms with Crippen LogP contribution in [0.2, 0.25) is 0 Å². The Bertz CT molecular complexity index is 1260. The Morgan fingerprint density at radius 3 is 1.27 bits per heavy atom. The van der Waals surface area contributed by atoms with Crippen molar-refractivity contribution in [2.45, 2.75) is 277 Å². The first-order valence-electron chi connectivity index (χ1n) is 27.8. The molecule has 6 nitrogen and oxygen atoms in total. The second-order valence-electron chi connectivity index (χ2n) is 18.6. The second-order valence-corrected chi connectivity index (χ2v) is 18.6. The van der Waals surface area contributed by atoms with Gasteiger partial charge in [-0.05, 0) is 103 Å². The van der Waals surface area contributed by atoms with E-state index in [9.17, 15) is 19.8 Å². The first-order valence-corrected chi connectivity index (χ1v) is 27.8. The number of rotatable bonds is 49. The third-order valence-electron chi connectivity index (χ3n) is 12.2. The van der Waals surface area contributed by atoms with Gasteiger partial charge in [0.2, 0.25) is 5.91 Å². The summed E-state index contributed by atoms with van der Waals surface area (Å²) in [5, 5.41) is 23.8. The molecule has 3 atom stereocenters. The molecule has 0 aromatic rings. The summed E-state index contributed by atoms with van der Waals surface area (Å²) in [7, 11) is 0. The van der Waals surface area contributed by atoms with E-state index in [2.05, 4.69) is 111 Å². The summed E-state index contributed by atoms with van der Waals surface area (Å²) in [5.41, 5.74) is 0. The van der Waals surface area contributed by atoms with Crippen molar-refractivity contribution in [2.24, 2.45) is 0 Å². The molecule has 3 N–H and O–H groups in total. The fraction of sp³-hybridized carbons (Fsp3) is 0.733. The Labute approximate surface area is 408 Å². The van der Waals surface area contributed by atoms with Gasteiger partial charge in [0.1, 0.15) is 6.10 Å². The highest BCUT2D eigenvalue weighted by Gasteiger charge is 2.24. The number of hydrogen-bond acceptors (Lipinski definition) is 5. The van der Waals surface area contributed by atoms with Gasteiger partial charge in [-0.15, -0.1) is 0 Å². The topological polar surface area (TPSA) is 95.9 Å². The monoisotopic (exact) mass is 920 g/mol. The highest BCUT2D eigenvalue weighted by molar-refractivity contribution is 5.77. The van der Waals surface area contributed by atoms with Crippen LogP contribution in [0.1, 0.15) is 258 Å². The minimum Gasteiger partial charge on any atom is -0.462 e. The van der Waals surface area contributed by atoms with Gasteiger partial charge in [0.25, 0.3) is 0 Å². The Balaban J connectivity index is 4.67. The van der Waals surface area contributed by atoms with E-state index in [0.29, 0.717) is 19.3 Å². The molecule has 0 bridgehead atoms. The molecule has 0 radical (unpaired) electrons. The molecule has 66 heavy (non-hydrogen) atoms. The van der Waals surface area contributed by atoms with Gasteiger partial charge < -0.3 is 20.3 Å². The Kier molecular flexibility index (Phi) is 50.6. The molecule has 6 heteroatoms. The Morgan fingerprint density at radius 1 is 0.455 bits per heavy atom. The molecule has 0 saturated heterocycles. The normalized spacial score (nSPS) is 13.8. The number of esters is 1. The van der Waals surface area contributed by atoms with Crippen LogP contribution in [0.4, 0.5) is 0 Å². The quantitative estimate of drug-likeness (QED) is 0.0321. The molecule has 0 fully saturated rings. The summed E-state index contributed by atoms with van der Waals surface area (Å²) in [6.45, 7) is 6.34. The highest BCUT2D eigenvalue weighted by Crippen LogP contribution is 2.17.